The number of rotatable bonds is 4. The van der Waals surface area contributed by atoms with Gasteiger partial charge in [0.15, 0.2) is 11.6 Å². The summed E-state index contributed by atoms with van der Waals surface area (Å²) in [6.45, 7) is 1.25. The average molecular weight is 336 g/mol. The van der Waals surface area contributed by atoms with Crippen molar-refractivity contribution >= 4 is 12.0 Å². The predicted octanol–water partition coefficient (Wildman–Crippen LogP) is 2.75. The molecule has 0 aliphatic carbocycles. The zero-order valence-electron chi connectivity index (χ0n) is 13.4. The Morgan fingerprint density at radius 1 is 1.32 bits per heavy atom. The molecule has 4 heterocycles. The third-order valence-electron chi connectivity index (χ3n) is 4.14. The zero-order valence-corrected chi connectivity index (χ0v) is 13.4. The quantitative estimate of drug-likeness (QED) is 0.681. The number of furan rings is 1. The van der Waals surface area contributed by atoms with Gasteiger partial charge in [0.1, 0.15) is 0 Å². The maximum absolute atomic E-state index is 12.3. The third-order valence-corrected chi connectivity index (χ3v) is 4.14. The molecule has 126 valence electrons. The number of nitrogens with zero attached hydrogens (tertiary/aromatic N) is 4. The molecule has 0 aromatic carbocycles. The molecule has 0 spiro atoms. The highest BCUT2D eigenvalue weighted by atomic mass is 16.5. The zero-order chi connectivity index (χ0) is 17.1. The van der Waals surface area contributed by atoms with E-state index < -0.39 is 0 Å². The number of pyridine rings is 1. The van der Waals surface area contributed by atoms with Gasteiger partial charge in [0, 0.05) is 37.5 Å². The van der Waals surface area contributed by atoms with E-state index in [9.17, 15) is 4.79 Å². The van der Waals surface area contributed by atoms with Crippen molar-refractivity contribution in [3.8, 4) is 11.7 Å². The first-order valence-electron chi connectivity index (χ1n) is 8.04. The lowest BCUT2D eigenvalue weighted by Gasteiger charge is -2.12. The van der Waals surface area contributed by atoms with Crippen molar-refractivity contribution in [1.82, 2.24) is 20.0 Å². The number of hydrogen-bond donors (Lipinski definition) is 0. The maximum Gasteiger partial charge on any atom is 0.293 e. The number of carbonyl (C=O) groups is 1. The van der Waals surface area contributed by atoms with Crippen LogP contribution in [0.5, 0.6) is 0 Å². The summed E-state index contributed by atoms with van der Waals surface area (Å²) >= 11 is 0. The Labute approximate surface area is 144 Å². The predicted molar refractivity (Wildman–Crippen MR) is 89.2 cm³/mol. The highest BCUT2D eigenvalue weighted by molar-refractivity contribution is 5.91. The van der Waals surface area contributed by atoms with Crippen LogP contribution < -0.4 is 0 Å². The number of hydrogen-bond acceptors (Lipinski definition) is 6. The highest BCUT2D eigenvalue weighted by Gasteiger charge is 2.30. The molecule has 0 saturated carbocycles. The summed E-state index contributed by atoms with van der Waals surface area (Å²) in [5.74, 6) is 1.56. The Kier molecular flexibility index (Phi) is 4.12. The summed E-state index contributed by atoms with van der Waals surface area (Å²) in [4.78, 5) is 22.5. The lowest BCUT2D eigenvalue weighted by atomic mass is 10.1. The molecule has 1 aliphatic heterocycles. The minimum atomic E-state index is -0.0268. The largest absolute Gasteiger partial charge is 0.459 e. The molecule has 1 saturated heterocycles. The monoisotopic (exact) mass is 336 g/mol. The highest BCUT2D eigenvalue weighted by Crippen LogP contribution is 2.27. The topological polar surface area (TPSA) is 85.3 Å². The Balaban J connectivity index is 1.40. The Morgan fingerprint density at radius 3 is 3.08 bits per heavy atom. The van der Waals surface area contributed by atoms with Crippen LogP contribution in [0.4, 0.5) is 0 Å². The molecular weight excluding hydrogens is 320 g/mol. The van der Waals surface area contributed by atoms with Gasteiger partial charge in [-0.3, -0.25) is 9.78 Å². The third kappa shape index (κ3) is 3.35. The van der Waals surface area contributed by atoms with Gasteiger partial charge < -0.3 is 13.8 Å². The molecule has 25 heavy (non-hydrogen) atoms. The number of amides is 1. The molecule has 1 aliphatic rings. The van der Waals surface area contributed by atoms with Gasteiger partial charge in [-0.2, -0.15) is 4.98 Å². The van der Waals surface area contributed by atoms with Crippen LogP contribution >= 0.6 is 0 Å². The number of likely N-dealkylation sites (tertiary alicyclic amines) is 1. The van der Waals surface area contributed by atoms with Gasteiger partial charge in [0.25, 0.3) is 5.89 Å². The van der Waals surface area contributed by atoms with Crippen molar-refractivity contribution in [3.63, 3.8) is 0 Å². The van der Waals surface area contributed by atoms with Crippen molar-refractivity contribution in [2.75, 3.05) is 13.1 Å². The summed E-state index contributed by atoms with van der Waals surface area (Å²) in [5, 5.41) is 4.03. The van der Waals surface area contributed by atoms with Crippen LogP contribution in [0.3, 0.4) is 0 Å². The fourth-order valence-electron chi connectivity index (χ4n) is 2.82. The molecule has 0 unspecified atom stereocenters. The molecule has 4 rings (SSSR count). The minimum Gasteiger partial charge on any atom is -0.459 e. The van der Waals surface area contributed by atoms with Gasteiger partial charge in [-0.15, -0.1) is 0 Å². The molecular formula is C18H16N4O3. The van der Waals surface area contributed by atoms with E-state index in [-0.39, 0.29) is 11.8 Å². The molecule has 1 amide bonds. The van der Waals surface area contributed by atoms with E-state index in [1.165, 1.54) is 0 Å². The van der Waals surface area contributed by atoms with E-state index in [0.29, 0.717) is 30.6 Å². The normalized spacial score (nSPS) is 17.4. The van der Waals surface area contributed by atoms with Gasteiger partial charge in [-0.05, 0) is 36.3 Å². The molecule has 3 aromatic heterocycles. The van der Waals surface area contributed by atoms with E-state index in [4.69, 9.17) is 8.94 Å². The lowest BCUT2D eigenvalue weighted by Crippen LogP contribution is -2.26. The molecule has 0 N–H and O–H groups in total. The fourth-order valence-corrected chi connectivity index (χ4v) is 2.82. The van der Waals surface area contributed by atoms with Crippen LogP contribution in [0.2, 0.25) is 0 Å². The smallest absolute Gasteiger partial charge is 0.293 e. The van der Waals surface area contributed by atoms with Gasteiger partial charge in [-0.1, -0.05) is 11.2 Å². The Hall–Kier alpha value is -3.22. The van der Waals surface area contributed by atoms with Gasteiger partial charge in [0.05, 0.1) is 6.26 Å². The SMILES string of the molecule is O=C(/C=C\c1cccnc1)N1CC[C@@H](c2noc(-c3ccco3)n2)C1. The van der Waals surface area contributed by atoms with Crippen molar-refractivity contribution in [3.05, 3.63) is 60.4 Å². The summed E-state index contributed by atoms with van der Waals surface area (Å²) in [5.41, 5.74) is 0.896. The molecule has 7 heteroatoms. The lowest BCUT2D eigenvalue weighted by molar-refractivity contribution is -0.124. The van der Waals surface area contributed by atoms with Gasteiger partial charge in [-0.25, -0.2) is 0 Å². The summed E-state index contributed by atoms with van der Waals surface area (Å²) in [6.07, 6.45) is 9.13. The second-order valence-corrected chi connectivity index (χ2v) is 5.82. The van der Waals surface area contributed by atoms with Crippen LogP contribution in [0.15, 0.2) is 57.9 Å². The second-order valence-electron chi connectivity index (χ2n) is 5.82. The fraction of sp³-hybridized carbons (Fsp3) is 0.222. The molecule has 7 nitrogen and oxygen atoms in total. The Morgan fingerprint density at radius 2 is 2.28 bits per heavy atom. The van der Waals surface area contributed by atoms with Crippen molar-refractivity contribution in [2.24, 2.45) is 0 Å². The summed E-state index contributed by atoms with van der Waals surface area (Å²) in [6, 6.07) is 7.27. The first-order chi connectivity index (χ1) is 12.3. The van der Waals surface area contributed by atoms with E-state index in [1.807, 2.05) is 12.1 Å². The van der Waals surface area contributed by atoms with Crippen LogP contribution in [-0.2, 0) is 4.79 Å². The molecule has 1 atom stereocenters. The van der Waals surface area contributed by atoms with E-state index in [0.717, 1.165) is 12.0 Å². The van der Waals surface area contributed by atoms with E-state index in [1.54, 1.807) is 47.8 Å². The molecule has 1 fully saturated rings. The molecule has 3 aromatic rings. The minimum absolute atomic E-state index is 0.0268. The molecule has 0 bridgehead atoms. The van der Waals surface area contributed by atoms with E-state index in [2.05, 4.69) is 15.1 Å². The standard InChI is InChI=1S/C18H16N4O3/c23-16(6-5-13-3-1-8-19-11-13)22-9-7-14(12-22)17-20-18(25-21-17)15-4-2-10-24-15/h1-6,8,10-11,14H,7,9,12H2/b6-5-/t14-/m1/s1. The first-order valence-corrected chi connectivity index (χ1v) is 8.04. The summed E-state index contributed by atoms with van der Waals surface area (Å²) < 4.78 is 10.5. The average Bonchev–Trinajstić information content (AvgIpc) is 3.40. The van der Waals surface area contributed by atoms with Crippen LogP contribution in [0.25, 0.3) is 17.7 Å². The van der Waals surface area contributed by atoms with Crippen molar-refractivity contribution in [1.29, 1.82) is 0 Å². The van der Waals surface area contributed by atoms with Crippen molar-refractivity contribution in [2.45, 2.75) is 12.3 Å². The van der Waals surface area contributed by atoms with E-state index >= 15 is 0 Å². The van der Waals surface area contributed by atoms with Crippen LogP contribution in [0.1, 0.15) is 23.7 Å². The number of aromatic nitrogens is 3. The van der Waals surface area contributed by atoms with Crippen LogP contribution in [-0.4, -0.2) is 39.0 Å². The summed E-state index contributed by atoms with van der Waals surface area (Å²) in [7, 11) is 0. The molecule has 0 radical (unpaired) electrons. The van der Waals surface area contributed by atoms with Crippen LogP contribution in [0, 0.1) is 0 Å². The van der Waals surface area contributed by atoms with Gasteiger partial charge in [0.2, 0.25) is 5.91 Å². The van der Waals surface area contributed by atoms with Gasteiger partial charge >= 0.3 is 0 Å². The van der Waals surface area contributed by atoms with Crippen molar-refractivity contribution < 1.29 is 13.7 Å². The second kappa shape index (κ2) is 6.72. The number of carbonyl (C=O) groups excluding carboxylic acids is 1. The maximum atomic E-state index is 12.3. The first kappa shape index (κ1) is 15.3. The Bertz CT molecular complexity index is 871.